The topological polar surface area (TPSA) is 37.3 Å². The second-order valence-corrected chi connectivity index (χ2v) is 4.45. The van der Waals surface area contributed by atoms with E-state index in [1.165, 1.54) is 11.3 Å². The van der Waals surface area contributed by atoms with E-state index in [2.05, 4.69) is 0 Å². The summed E-state index contributed by atoms with van der Waals surface area (Å²) in [5, 5.41) is 8.62. The van der Waals surface area contributed by atoms with E-state index >= 15 is 0 Å². The number of carboxylic acids is 1. The zero-order valence-corrected chi connectivity index (χ0v) is 8.15. The third kappa shape index (κ3) is 2.50. The van der Waals surface area contributed by atoms with Crippen molar-refractivity contribution in [3.05, 3.63) is 21.3 Å². The summed E-state index contributed by atoms with van der Waals surface area (Å²) in [5.74, 6) is -1.10. The van der Waals surface area contributed by atoms with Crippen LogP contribution in [0, 0.1) is 5.92 Å². The number of rotatable bonds is 3. The molecule has 0 aliphatic rings. The molecule has 0 aliphatic carbocycles. The van der Waals surface area contributed by atoms with Gasteiger partial charge in [0.1, 0.15) is 0 Å². The molecule has 0 amide bonds. The highest BCUT2D eigenvalue weighted by Crippen LogP contribution is 2.23. The predicted molar refractivity (Wildman–Crippen MR) is 49.8 cm³/mol. The first-order valence-corrected chi connectivity index (χ1v) is 4.76. The van der Waals surface area contributed by atoms with Crippen LogP contribution < -0.4 is 0 Å². The van der Waals surface area contributed by atoms with Crippen molar-refractivity contribution in [2.75, 3.05) is 0 Å². The second kappa shape index (κ2) is 3.92. The Morgan fingerprint density at radius 1 is 1.75 bits per heavy atom. The van der Waals surface area contributed by atoms with Crippen LogP contribution in [0.25, 0.3) is 0 Å². The van der Waals surface area contributed by atoms with E-state index in [9.17, 15) is 4.79 Å². The molecule has 0 fully saturated rings. The minimum atomic E-state index is -0.764. The fraction of sp³-hybridized carbons (Fsp3) is 0.375. The third-order valence-corrected chi connectivity index (χ3v) is 2.81. The molecule has 1 rings (SSSR count). The quantitative estimate of drug-likeness (QED) is 0.822. The van der Waals surface area contributed by atoms with E-state index in [1.807, 2.05) is 6.07 Å². The van der Waals surface area contributed by atoms with E-state index < -0.39 is 5.97 Å². The predicted octanol–water partition coefficient (Wildman–Crippen LogP) is 2.66. The van der Waals surface area contributed by atoms with Gasteiger partial charge in [0.25, 0.3) is 0 Å². The highest BCUT2D eigenvalue weighted by atomic mass is 35.5. The molecule has 1 N–H and O–H groups in total. The standard InChI is InChI=1S/C8H9ClO2S/c1-5(8(10)11)4-6-2-3-7(9)12-6/h2-3,5H,4H2,1H3,(H,10,11). The molecule has 0 bridgehead atoms. The second-order valence-electron chi connectivity index (χ2n) is 2.65. The SMILES string of the molecule is CC(Cc1ccc(Cl)s1)C(=O)O. The molecule has 1 aromatic heterocycles. The zero-order valence-electron chi connectivity index (χ0n) is 6.58. The van der Waals surface area contributed by atoms with Gasteiger partial charge in [0, 0.05) is 4.88 Å². The minimum absolute atomic E-state index is 0.334. The molecule has 1 unspecified atom stereocenters. The Bertz CT molecular complexity index is 282. The van der Waals surface area contributed by atoms with E-state index in [0.717, 1.165) is 4.88 Å². The summed E-state index contributed by atoms with van der Waals surface area (Å²) in [6.07, 6.45) is 0.562. The molecule has 0 radical (unpaired) electrons. The molecule has 1 aromatic rings. The smallest absolute Gasteiger partial charge is 0.306 e. The van der Waals surface area contributed by atoms with Crippen LogP contribution in [0.1, 0.15) is 11.8 Å². The first-order chi connectivity index (χ1) is 5.59. The van der Waals surface area contributed by atoms with Crippen molar-refractivity contribution in [3.8, 4) is 0 Å². The summed E-state index contributed by atoms with van der Waals surface area (Å²) in [5.41, 5.74) is 0. The van der Waals surface area contributed by atoms with E-state index in [0.29, 0.717) is 10.8 Å². The Kier molecular flexibility index (Phi) is 3.12. The van der Waals surface area contributed by atoms with Crippen LogP contribution in [0.2, 0.25) is 4.34 Å². The van der Waals surface area contributed by atoms with Crippen LogP contribution in [-0.2, 0) is 11.2 Å². The summed E-state index contributed by atoms with van der Waals surface area (Å²) in [6, 6.07) is 3.66. The molecule has 12 heavy (non-hydrogen) atoms. The van der Waals surface area contributed by atoms with Gasteiger partial charge in [0.2, 0.25) is 0 Å². The van der Waals surface area contributed by atoms with Crippen molar-refractivity contribution in [3.63, 3.8) is 0 Å². The molecule has 0 saturated heterocycles. The van der Waals surface area contributed by atoms with Crippen LogP contribution in [0.5, 0.6) is 0 Å². The fourth-order valence-electron chi connectivity index (χ4n) is 0.851. The number of hydrogen-bond donors (Lipinski definition) is 1. The van der Waals surface area contributed by atoms with E-state index in [-0.39, 0.29) is 5.92 Å². The van der Waals surface area contributed by atoms with Crippen LogP contribution in [0.3, 0.4) is 0 Å². The van der Waals surface area contributed by atoms with Crippen LogP contribution >= 0.6 is 22.9 Å². The van der Waals surface area contributed by atoms with Gasteiger partial charge in [-0.05, 0) is 18.6 Å². The van der Waals surface area contributed by atoms with Gasteiger partial charge in [-0.2, -0.15) is 0 Å². The Morgan fingerprint density at radius 2 is 2.42 bits per heavy atom. The van der Waals surface area contributed by atoms with Crippen molar-refractivity contribution in [2.45, 2.75) is 13.3 Å². The molecule has 1 heterocycles. The van der Waals surface area contributed by atoms with Gasteiger partial charge in [0.05, 0.1) is 10.3 Å². The molecular formula is C8H9ClO2S. The number of halogens is 1. The summed E-state index contributed by atoms with van der Waals surface area (Å²) in [7, 11) is 0. The van der Waals surface area contributed by atoms with Crippen molar-refractivity contribution in [2.24, 2.45) is 5.92 Å². The molecule has 66 valence electrons. The molecular weight excluding hydrogens is 196 g/mol. The molecule has 0 spiro atoms. The normalized spacial score (nSPS) is 12.8. The van der Waals surface area contributed by atoms with Gasteiger partial charge in [0.15, 0.2) is 0 Å². The maximum Gasteiger partial charge on any atom is 0.306 e. The molecule has 0 saturated carbocycles. The molecule has 0 aromatic carbocycles. The average molecular weight is 205 g/mol. The van der Waals surface area contributed by atoms with E-state index in [1.54, 1.807) is 13.0 Å². The molecule has 4 heteroatoms. The van der Waals surface area contributed by atoms with Crippen molar-refractivity contribution in [1.29, 1.82) is 0 Å². The fourth-order valence-corrected chi connectivity index (χ4v) is 2.07. The van der Waals surface area contributed by atoms with Gasteiger partial charge in [-0.15, -0.1) is 11.3 Å². The highest BCUT2D eigenvalue weighted by Gasteiger charge is 2.12. The van der Waals surface area contributed by atoms with Gasteiger partial charge >= 0.3 is 5.97 Å². The molecule has 0 aliphatic heterocycles. The Morgan fingerprint density at radius 3 is 2.83 bits per heavy atom. The first-order valence-electron chi connectivity index (χ1n) is 3.56. The van der Waals surface area contributed by atoms with Crippen molar-refractivity contribution in [1.82, 2.24) is 0 Å². The number of carboxylic acid groups (broad SMARTS) is 1. The highest BCUT2D eigenvalue weighted by molar-refractivity contribution is 7.16. The average Bonchev–Trinajstić information content (AvgIpc) is 2.35. The Labute approximate surface area is 79.8 Å². The monoisotopic (exact) mass is 204 g/mol. The zero-order chi connectivity index (χ0) is 9.14. The summed E-state index contributed by atoms with van der Waals surface area (Å²) >= 11 is 7.13. The number of carbonyl (C=O) groups is 1. The van der Waals surface area contributed by atoms with Crippen LogP contribution in [-0.4, -0.2) is 11.1 Å². The van der Waals surface area contributed by atoms with Crippen molar-refractivity contribution < 1.29 is 9.90 Å². The Hall–Kier alpha value is -0.540. The first kappa shape index (κ1) is 9.55. The summed E-state index contributed by atoms with van der Waals surface area (Å²) < 4.78 is 0.711. The summed E-state index contributed by atoms with van der Waals surface area (Å²) in [4.78, 5) is 11.5. The number of hydrogen-bond acceptors (Lipinski definition) is 2. The van der Waals surface area contributed by atoms with Gasteiger partial charge in [-0.1, -0.05) is 18.5 Å². The lowest BCUT2D eigenvalue weighted by Gasteiger charge is -2.01. The largest absolute Gasteiger partial charge is 0.481 e. The van der Waals surface area contributed by atoms with Crippen LogP contribution in [0.4, 0.5) is 0 Å². The van der Waals surface area contributed by atoms with Crippen LogP contribution in [0.15, 0.2) is 12.1 Å². The number of thiophene rings is 1. The lowest BCUT2D eigenvalue weighted by Crippen LogP contribution is -2.11. The van der Waals surface area contributed by atoms with Crippen molar-refractivity contribution >= 4 is 28.9 Å². The van der Waals surface area contributed by atoms with Gasteiger partial charge in [-0.3, -0.25) is 4.79 Å². The van der Waals surface area contributed by atoms with Gasteiger partial charge < -0.3 is 5.11 Å². The molecule has 1 atom stereocenters. The number of aliphatic carboxylic acids is 1. The maximum absolute atomic E-state index is 10.5. The van der Waals surface area contributed by atoms with Gasteiger partial charge in [-0.25, -0.2) is 0 Å². The maximum atomic E-state index is 10.5. The Balaban J connectivity index is 2.58. The molecule has 2 nitrogen and oxygen atoms in total. The van der Waals surface area contributed by atoms with E-state index in [4.69, 9.17) is 16.7 Å². The lowest BCUT2D eigenvalue weighted by atomic mass is 10.1. The summed E-state index contributed by atoms with van der Waals surface area (Å²) in [6.45, 7) is 1.69. The third-order valence-electron chi connectivity index (χ3n) is 1.56. The minimum Gasteiger partial charge on any atom is -0.481 e. The lowest BCUT2D eigenvalue weighted by molar-refractivity contribution is -0.141.